The number of nitrogens with two attached hydrogens (primary N) is 1. The highest BCUT2D eigenvalue weighted by molar-refractivity contribution is 6.08. The van der Waals surface area contributed by atoms with Crippen LogP contribution in [0.25, 0.3) is 32.8 Å². The van der Waals surface area contributed by atoms with Gasteiger partial charge in [0, 0.05) is 17.8 Å². The number of H-pyrrole nitrogens is 1. The van der Waals surface area contributed by atoms with E-state index in [0.717, 1.165) is 16.3 Å². The van der Waals surface area contributed by atoms with Crippen LogP contribution in [0.1, 0.15) is 32.4 Å². The highest BCUT2D eigenvalue weighted by Crippen LogP contribution is 2.23. The van der Waals surface area contributed by atoms with Crippen LogP contribution in [0.5, 0.6) is 0 Å². The number of hydrogen-bond acceptors (Lipinski definition) is 7. The van der Waals surface area contributed by atoms with Crippen LogP contribution in [0.2, 0.25) is 0 Å². The average Bonchev–Trinajstić information content (AvgIpc) is 3.61. The summed E-state index contributed by atoms with van der Waals surface area (Å²) in [6, 6.07) is 24.2. The second-order valence-corrected chi connectivity index (χ2v) is 10.4. The third kappa shape index (κ3) is 5.71. The molecular weight excluding hydrogens is 560 g/mol. The number of guanidine groups is 1. The number of aromatic nitrogens is 4. The monoisotopic (exact) mass is 590 g/mol. The highest BCUT2D eigenvalue weighted by atomic mass is 16.3. The average molecular weight is 591 g/mol. The number of ketones is 1. The number of aliphatic hydroxyl groups excluding tert-OH is 2. The highest BCUT2D eigenvalue weighted by Gasteiger charge is 2.24. The van der Waals surface area contributed by atoms with E-state index in [1.54, 1.807) is 36.4 Å². The molecule has 0 aliphatic rings. The molecule has 0 saturated carbocycles. The van der Waals surface area contributed by atoms with Crippen molar-refractivity contribution in [3.8, 4) is 0 Å². The van der Waals surface area contributed by atoms with Gasteiger partial charge in [-0.15, -0.1) is 0 Å². The fourth-order valence-corrected chi connectivity index (χ4v) is 5.27. The molecule has 0 aliphatic carbocycles. The molecule has 0 saturated heterocycles. The molecular formula is C32H30N8O4. The smallest absolute Gasteiger partial charge is 0.263 e. The van der Waals surface area contributed by atoms with Crippen LogP contribution in [0.15, 0.2) is 78.9 Å². The van der Waals surface area contributed by atoms with Crippen molar-refractivity contribution < 1.29 is 19.8 Å². The van der Waals surface area contributed by atoms with Gasteiger partial charge in [0.2, 0.25) is 0 Å². The Morgan fingerprint density at radius 1 is 1.00 bits per heavy atom. The second kappa shape index (κ2) is 12.0. The van der Waals surface area contributed by atoms with Gasteiger partial charge in [0.25, 0.3) is 11.7 Å². The van der Waals surface area contributed by atoms with E-state index in [2.05, 4.69) is 43.8 Å². The Kier molecular flexibility index (Phi) is 7.75. The Morgan fingerprint density at radius 2 is 1.82 bits per heavy atom. The number of rotatable bonds is 10. The SMILES string of the molecule is N=C(N)Nc1ccc2[nH]c(C(=O)c3nc4ccc(C(=O)NCCc5cccc6ccccc56)cc4n3CC(O)CO)nc2c1. The number of benzene rings is 4. The third-order valence-corrected chi connectivity index (χ3v) is 7.35. The molecule has 4 aromatic carbocycles. The summed E-state index contributed by atoms with van der Waals surface area (Å²) in [5, 5.41) is 35.2. The number of anilines is 1. The van der Waals surface area contributed by atoms with Crippen LogP contribution < -0.4 is 16.4 Å². The number of aromatic amines is 1. The number of carbonyl (C=O) groups is 2. The normalized spacial score (nSPS) is 12.0. The minimum Gasteiger partial charge on any atom is -0.394 e. The maximum Gasteiger partial charge on any atom is 0.263 e. The molecule has 0 radical (unpaired) electrons. The Balaban J connectivity index is 1.27. The fraction of sp³-hybridized carbons (Fsp3) is 0.156. The first-order valence-electron chi connectivity index (χ1n) is 14.0. The molecule has 0 spiro atoms. The first-order chi connectivity index (χ1) is 21.3. The second-order valence-electron chi connectivity index (χ2n) is 10.4. The zero-order valence-electron chi connectivity index (χ0n) is 23.5. The van der Waals surface area contributed by atoms with Crippen LogP contribution in [-0.4, -0.2) is 66.6 Å². The van der Waals surface area contributed by atoms with Crippen molar-refractivity contribution in [2.45, 2.75) is 19.1 Å². The van der Waals surface area contributed by atoms with Gasteiger partial charge in [0.15, 0.2) is 17.6 Å². The predicted molar refractivity (Wildman–Crippen MR) is 168 cm³/mol. The molecule has 6 aromatic rings. The van der Waals surface area contributed by atoms with E-state index in [-0.39, 0.29) is 30.1 Å². The van der Waals surface area contributed by atoms with E-state index < -0.39 is 18.5 Å². The summed E-state index contributed by atoms with van der Waals surface area (Å²) in [5.74, 6) is -1.05. The van der Waals surface area contributed by atoms with E-state index in [0.29, 0.717) is 46.3 Å². The Morgan fingerprint density at radius 3 is 2.64 bits per heavy atom. The van der Waals surface area contributed by atoms with Crippen molar-refractivity contribution in [2.75, 3.05) is 18.5 Å². The predicted octanol–water partition coefficient (Wildman–Crippen LogP) is 2.93. The molecule has 12 nitrogen and oxygen atoms in total. The van der Waals surface area contributed by atoms with E-state index in [4.69, 9.17) is 11.1 Å². The van der Waals surface area contributed by atoms with E-state index in [1.165, 1.54) is 4.57 Å². The molecule has 6 rings (SSSR count). The van der Waals surface area contributed by atoms with Crippen LogP contribution in [0.4, 0.5) is 5.69 Å². The third-order valence-electron chi connectivity index (χ3n) is 7.35. The summed E-state index contributed by atoms with van der Waals surface area (Å²) in [6.07, 6.45) is -0.522. The van der Waals surface area contributed by atoms with Gasteiger partial charge < -0.3 is 36.1 Å². The summed E-state index contributed by atoms with van der Waals surface area (Å²) in [5.41, 5.74) is 9.40. The van der Waals surface area contributed by atoms with E-state index >= 15 is 0 Å². The summed E-state index contributed by atoms with van der Waals surface area (Å²) in [4.78, 5) is 38.7. The van der Waals surface area contributed by atoms with Crippen molar-refractivity contribution in [3.63, 3.8) is 0 Å². The number of nitrogens with zero attached hydrogens (tertiary/aromatic N) is 3. The van der Waals surface area contributed by atoms with Crippen molar-refractivity contribution >= 4 is 56.2 Å². The van der Waals surface area contributed by atoms with Crippen LogP contribution in [0.3, 0.4) is 0 Å². The molecule has 0 fully saturated rings. The lowest BCUT2D eigenvalue weighted by atomic mass is 10.0. The van der Waals surface area contributed by atoms with Gasteiger partial charge in [-0.3, -0.25) is 15.0 Å². The van der Waals surface area contributed by atoms with Gasteiger partial charge >= 0.3 is 0 Å². The van der Waals surface area contributed by atoms with Gasteiger partial charge in [-0.2, -0.15) is 0 Å². The molecule has 0 bridgehead atoms. The first kappa shape index (κ1) is 28.5. The van der Waals surface area contributed by atoms with Gasteiger partial charge in [-0.25, -0.2) is 9.97 Å². The van der Waals surface area contributed by atoms with Crippen LogP contribution in [-0.2, 0) is 13.0 Å². The molecule has 0 aliphatic heterocycles. The summed E-state index contributed by atoms with van der Waals surface area (Å²) in [6.45, 7) is -0.238. The fourth-order valence-electron chi connectivity index (χ4n) is 5.27. The molecule has 44 heavy (non-hydrogen) atoms. The first-order valence-corrected chi connectivity index (χ1v) is 14.0. The number of hydrogen-bond donors (Lipinski definition) is 7. The summed E-state index contributed by atoms with van der Waals surface area (Å²) < 4.78 is 1.49. The number of fused-ring (bicyclic) bond motifs is 3. The molecule has 222 valence electrons. The van der Waals surface area contributed by atoms with E-state index in [1.807, 2.05) is 24.3 Å². The Labute approximate surface area is 251 Å². The molecule has 12 heteroatoms. The Bertz CT molecular complexity index is 2040. The number of nitrogens with one attached hydrogen (secondary N) is 4. The number of carbonyl (C=O) groups excluding carboxylic acids is 2. The topological polar surface area (TPSA) is 195 Å². The molecule has 2 heterocycles. The number of aliphatic hydroxyl groups is 2. The lowest BCUT2D eigenvalue weighted by molar-refractivity contribution is 0.0803. The number of amides is 1. The maximum absolute atomic E-state index is 13.7. The van der Waals surface area contributed by atoms with Crippen LogP contribution in [0, 0.1) is 5.41 Å². The molecule has 8 N–H and O–H groups in total. The maximum atomic E-state index is 13.7. The molecule has 1 unspecified atom stereocenters. The van der Waals surface area contributed by atoms with Gasteiger partial charge in [-0.1, -0.05) is 42.5 Å². The van der Waals surface area contributed by atoms with E-state index in [9.17, 15) is 19.8 Å². The van der Waals surface area contributed by atoms with Crippen molar-refractivity contribution in [1.29, 1.82) is 5.41 Å². The molecule has 1 amide bonds. The summed E-state index contributed by atoms with van der Waals surface area (Å²) in [7, 11) is 0. The molecule has 1 atom stereocenters. The minimum atomic E-state index is -1.17. The van der Waals surface area contributed by atoms with Gasteiger partial charge in [-0.05, 0) is 59.2 Å². The minimum absolute atomic E-state index is 0.0119. The van der Waals surface area contributed by atoms with Gasteiger partial charge in [0.05, 0.1) is 41.3 Å². The summed E-state index contributed by atoms with van der Waals surface area (Å²) >= 11 is 0. The van der Waals surface area contributed by atoms with Gasteiger partial charge in [0.1, 0.15) is 0 Å². The molecule has 2 aromatic heterocycles. The zero-order valence-corrected chi connectivity index (χ0v) is 23.5. The lowest BCUT2D eigenvalue weighted by Gasteiger charge is -2.12. The largest absolute Gasteiger partial charge is 0.394 e. The van der Waals surface area contributed by atoms with Crippen LogP contribution >= 0.6 is 0 Å². The quantitative estimate of drug-likeness (QED) is 0.0718. The lowest BCUT2D eigenvalue weighted by Crippen LogP contribution is -2.26. The van der Waals surface area contributed by atoms with Crippen molar-refractivity contribution in [2.24, 2.45) is 5.73 Å². The number of imidazole rings is 2. The zero-order chi connectivity index (χ0) is 30.8. The van der Waals surface area contributed by atoms with Crippen molar-refractivity contribution in [3.05, 3.63) is 102 Å². The van der Waals surface area contributed by atoms with Crippen molar-refractivity contribution in [1.82, 2.24) is 24.8 Å². The Hall–Kier alpha value is -5.59. The standard InChI is InChI=1S/C32H30N8O4/c33-32(34)36-21-9-11-24-26(15-21)38-29(37-24)28(43)30-39-25-10-8-20(14-27(25)40(30)16-22(42)17-41)31(44)35-13-12-19-6-3-5-18-4-1-2-7-23(18)19/h1-11,14-15,22,41-42H,12-13,16-17H2,(H,35,44)(H,37,38)(H4,33,34,36).